The van der Waals surface area contributed by atoms with E-state index in [1.807, 2.05) is 38.1 Å². The lowest BCUT2D eigenvalue weighted by atomic mass is 10.2. The topological polar surface area (TPSA) is 79.8 Å². The molecule has 0 aliphatic rings. The number of hydrogen-bond acceptors (Lipinski definition) is 3. The Morgan fingerprint density at radius 2 is 2.14 bits per heavy atom. The third-order valence-corrected chi connectivity index (χ3v) is 3.24. The summed E-state index contributed by atoms with van der Waals surface area (Å²) in [6.07, 6.45) is 1.42. The van der Waals surface area contributed by atoms with Crippen LogP contribution in [0.15, 0.2) is 35.4 Å². The first-order chi connectivity index (χ1) is 10.1. The molecule has 1 aromatic carbocycles. The largest absolute Gasteiger partial charge is 0.352 e. The standard InChI is InChI=1S/C15H16N4O2/c1-9(2)17-12(20)7-19-8-16-13-10-5-3-4-6-11(10)18-14(13)15(19)21/h3-6,8-9,18H,7H2,1-2H3,(H,17,20). The number of fused-ring (bicyclic) bond motifs is 3. The Morgan fingerprint density at radius 1 is 1.38 bits per heavy atom. The molecule has 6 nitrogen and oxygen atoms in total. The number of rotatable bonds is 3. The highest BCUT2D eigenvalue weighted by molar-refractivity contribution is 6.04. The normalized spacial score (nSPS) is 11.4. The average Bonchev–Trinajstić information content (AvgIpc) is 2.80. The van der Waals surface area contributed by atoms with Crippen molar-refractivity contribution in [3.05, 3.63) is 40.9 Å². The van der Waals surface area contributed by atoms with Gasteiger partial charge >= 0.3 is 0 Å². The SMILES string of the molecule is CC(C)NC(=O)Cn1cnc2c([nH]c3ccccc32)c1=O. The minimum absolute atomic E-state index is 0.0324. The van der Waals surface area contributed by atoms with Crippen LogP contribution in [0.3, 0.4) is 0 Å². The zero-order valence-electron chi connectivity index (χ0n) is 11.9. The maximum atomic E-state index is 12.4. The zero-order chi connectivity index (χ0) is 15.0. The van der Waals surface area contributed by atoms with Crippen LogP contribution in [0.4, 0.5) is 0 Å². The van der Waals surface area contributed by atoms with Crippen molar-refractivity contribution in [2.24, 2.45) is 0 Å². The van der Waals surface area contributed by atoms with Crippen LogP contribution in [-0.2, 0) is 11.3 Å². The molecule has 0 radical (unpaired) electrons. The fraction of sp³-hybridized carbons (Fsp3) is 0.267. The maximum absolute atomic E-state index is 12.4. The van der Waals surface area contributed by atoms with Gasteiger partial charge in [-0.15, -0.1) is 0 Å². The molecular formula is C15H16N4O2. The van der Waals surface area contributed by atoms with Crippen LogP contribution in [0.1, 0.15) is 13.8 Å². The van der Waals surface area contributed by atoms with E-state index in [0.717, 1.165) is 10.9 Å². The molecule has 2 aromatic heterocycles. The van der Waals surface area contributed by atoms with Gasteiger partial charge in [0.1, 0.15) is 17.6 Å². The number of hydrogen-bond donors (Lipinski definition) is 2. The molecule has 0 saturated carbocycles. The molecule has 0 aliphatic carbocycles. The van der Waals surface area contributed by atoms with Crippen molar-refractivity contribution in [1.82, 2.24) is 19.9 Å². The first kappa shape index (κ1) is 13.4. The number of aromatic amines is 1. The van der Waals surface area contributed by atoms with Crippen LogP contribution in [0, 0.1) is 0 Å². The monoisotopic (exact) mass is 284 g/mol. The molecule has 21 heavy (non-hydrogen) atoms. The average molecular weight is 284 g/mol. The van der Waals surface area contributed by atoms with E-state index in [1.165, 1.54) is 10.9 Å². The highest BCUT2D eigenvalue weighted by Gasteiger charge is 2.12. The number of para-hydroxylation sites is 1. The molecule has 0 saturated heterocycles. The van der Waals surface area contributed by atoms with Crippen molar-refractivity contribution in [2.45, 2.75) is 26.4 Å². The van der Waals surface area contributed by atoms with Gasteiger partial charge in [0.2, 0.25) is 5.91 Å². The highest BCUT2D eigenvalue weighted by Crippen LogP contribution is 2.20. The van der Waals surface area contributed by atoms with E-state index in [-0.39, 0.29) is 24.1 Å². The molecule has 0 atom stereocenters. The van der Waals surface area contributed by atoms with Crippen molar-refractivity contribution in [3.63, 3.8) is 0 Å². The van der Waals surface area contributed by atoms with Crippen molar-refractivity contribution in [1.29, 1.82) is 0 Å². The number of nitrogens with zero attached hydrogens (tertiary/aromatic N) is 2. The second-order valence-corrected chi connectivity index (χ2v) is 5.29. The molecule has 2 N–H and O–H groups in total. The number of H-pyrrole nitrogens is 1. The fourth-order valence-corrected chi connectivity index (χ4v) is 2.37. The summed E-state index contributed by atoms with van der Waals surface area (Å²) >= 11 is 0. The smallest absolute Gasteiger partial charge is 0.278 e. The molecule has 1 amide bonds. The second kappa shape index (κ2) is 5.05. The second-order valence-electron chi connectivity index (χ2n) is 5.29. The van der Waals surface area contributed by atoms with E-state index in [1.54, 1.807) is 0 Å². The van der Waals surface area contributed by atoms with Crippen LogP contribution in [0.25, 0.3) is 21.9 Å². The molecule has 6 heteroatoms. The Hall–Kier alpha value is -2.63. The Morgan fingerprint density at radius 3 is 2.90 bits per heavy atom. The number of carbonyl (C=O) groups is 1. The Kier molecular flexibility index (Phi) is 3.21. The summed E-state index contributed by atoms with van der Waals surface area (Å²) in [5.74, 6) is -0.204. The lowest BCUT2D eigenvalue weighted by Crippen LogP contribution is -2.36. The Labute approximate surface area is 120 Å². The van der Waals surface area contributed by atoms with E-state index in [0.29, 0.717) is 11.0 Å². The van der Waals surface area contributed by atoms with Crippen LogP contribution < -0.4 is 10.9 Å². The van der Waals surface area contributed by atoms with Gasteiger partial charge in [-0.1, -0.05) is 18.2 Å². The molecule has 0 spiro atoms. The van der Waals surface area contributed by atoms with Gasteiger partial charge in [0.25, 0.3) is 5.56 Å². The van der Waals surface area contributed by atoms with Crippen molar-refractivity contribution in [3.8, 4) is 0 Å². The van der Waals surface area contributed by atoms with Crippen molar-refractivity contribution < 1.29 is 4.79 Å². The number of amides is 1. The van der Waals surface area contributed by atoms with E-state index in [9.17, 15) is 9.59 Å². The summed E-state index contributed by atoms with van der Waals surface area (Å²) < 4.78 is 1.31. The minimum Gasteiger partial charge on any atom is -0.352 e. The molecule has 0 fully saturated rings. The first-order valence-corrected chi connectivity index (χ1v) is 6.81. The van der Waals surface area contributed by atoms with Crippen LogP contribution in [0.5, 0.6) is 0 Å². The van der Waals surface area contributed by atoms with E-state index in [4.69, 9.17) is 0 Å². The summed E-state index contributed by atoms with van der Waals surface area (Å²) in [6.45, 7) is 3.72. The van der Waals surface area contributed by atoms with E-state index < -0.39 is 0 Å². The molecular weight excluding hydrogens is 268 g/mol. The molecule has 3 aromatic rings. The molecule has 0 aliphatic heterocycles. The van der Waals surface area contributed by atoms with Gasteiger partial charge in [0.05, 0.1) is 6.33 Å². The maximum Gasteiger partial charge on any atom is 0.278 e. The number of carbonyl (C=O) groups excluding carboxylic acids is 1. The molecule has 3 rings (SSSR count). The fourth-order valence-electron chi connectivity index (χ4n) is 2.37. The minimum atomic E-state index is -0.241. The lowest BCUT2D eigenvalue weighted by molar-refractivity contribution is -0.122. The number of benzene rings is 1. The predicted molar refractivity (Wildman–Crippen MR) is 81.1 cm³/mol. The van der Waals surface area contributed by atoms with Gasteiger partial charge < -0.3 is 10.3 Å². The van der Waals surface area contributed by atoms with Gasteiger partial charge in [0, 0.05) is 16.9 Å². The van der Waals surface area contributed by atoms with E-state index in [2.05, 4.69) is 15.3 Å². The molecule has 108 valence electrons. The molecule has 0 bridgehead atoms. The van der Waals surface area contributed by atoms with Gasteiger partial charge in [0.15, 0.2) is 0 Å². The highest BCUT2D eigenvalue weighted by atomic mass is 16.2. The summed E-state index contributed by atoms with van der Waals surface area (Å²) in [7, 11) is 0. The van der Waals surface area contributed by atoms with Gasteiger partial charge in [-0.25, -0.2) is 4.98 Å². The third kappa shape index (κ3) is 2.40. The van der Waals surface area contributed by atoms with Crippen LogP contribution in [-0.4, -0.2) is 26.5 Å². The number of aromatic nitrogens is 3. The third-order valence-electron chi connectivity index (χ3n) is 3.24. The molecule has 2 heterocycles. The first-order valence-electron chi connectivity index (χ1n) is 6.81. The van der Waals surface area contributed by atoms with Crippen LogP contribution >= 0.6 is 0 Å². The van der Waals surface area contributed by atoms with Gasteiger partial charge in [-0.3, -0.25) is 14.2 Å². The van der Waals surface area contributed by atoms with E-state index >= 15 is 0 Å². The summed E-state index contributed by atoms with van der Waals surface area (Å²) in [5.41, 5.74) is 1.68. The van der Waals surface area contributed by atoms with Crippen LogP contribution in [0.2, 0.25) is 0 Å². The number of nitrogens with one attached hydrogen (secondary N) is 2. The van der Waals surface area contributed by atoms with Gasteiger partial charge in [-0.2, -0.15) is 0 Å². The zero-order valence-corrected chi connectivity index (χ0v) is 11.9. The summed E-state index contributed by atoms with van der Waals surface area (Å²) in [4.78, 5) is 31.6. The summed E-state index contributed by atoms with van der Waals surface area (Å²) in [6, 6.07) is 7.64. The predicted octanol–water partition coefficient (Wildman–Crippen LogP) is 1.40. The Bertz CT molecular complexity index is 876. The quantitative estimate of drug-likeness (QED) is 0.763. The Balaban J connectivity index is 2.06. The van der Waals surface area contributed by atoms with Crippen molar-refractivity contribution >= 4 is 27.8 Å². The van der Waals surface area contributed by atoms with Crippen molar-refractivity contribution in [2.75, 3.05) is 0 Å². The van der Waals surface area contributed by atoms with Gasteiger partial charge in [-0.05, 0) is 19.9 Å². The molecule has 0 unspecified atom stereocenters. The lowest BCUT2D eigenvalue weighted by Gasteiger charge is -2.09. The summed E-state index contributed by atoms with van der Waals surface area (Å²) in [5, 5.41) is 3.66.